The van der Waals surface area contributed by atoms with Crippen LogP contribution >= 0.6 is 0 Å². The Morgan fingerprint density at radius 3 is 0.545 bits per heavy atom. The zero-order chi connectivity index (χ0) is 25.2. The van der Waals surface area contributed by atoms with Crippen molar-refractivity contribution >= 4 is 32.3 Å². The number of rotatable bonds is 0. The molecule has 0 aliphatic heterocycles. The topological polar surface area (TPSA) is 117 Å². The highest BCUT2D eigenvalue weighted by Gasteiger charge is 2.44. The maximum atomic E-state index is 13.2. The normalized spacial score (nSPS) is 13.7. The molecule has 0 spiro atoms. The standard InChI is InChI=1S/C15F9N3O6/c16-13(17,18)25-7(28)1-2(8(25)29)4-6(12(33)27(11(4)32)15(22,23)24)5-3(1)9(30)26(10(5)31)14(19,20)21. The zero-order valence-corrected chi connectivity index (χ0v) is 14.7. The Morgan fingerprint density at radius 2 is 0.455 bits per heavy atom. The lowest BCUT2D eigenvalue weighted by molar-refractivity contribution is -0.208. The van der Waals surface area contributed by atoms with Crippen LogP contribution in [0.3, 0.4) is 0 Å². The van der Waals surface area contributed by atoms with Crippen molar-refractivity contribution in [2.45, 2.75) is 18.9 Å². The molecular weight excluding hydrogens is 489 g/mol. The van der Waals surface area contributed by atoms with Crippen LogP contribution in [-0.4, -0.2) is 13.7 Å². The Morgan fingerprint density at radius 1 is 0.333 bits per heavy atom. The molecule has 0 saturated heterocycles. The third-order valence-corrected chi connectivity index (χ3v) is 4.76. The van der Waals surface area contributed by atoms with E-state index >= 15 is 0 Å². The Balaban J connectivity index is 2.62. The molecule has 0 unspecified atom stereocenters. The molecule has 33 heavy (non-hydrogen) atoms. The van der Waals surface area contributed by atoms with Crippen molar-refractivity contribution in [3.63, 3.8) is 0 Å². The number of hydrogen-bond acceptors (Lipinski definition) is 6. The van der Waals surface area contributed by atoms with Gasteiger partial charge < -0.3 is 0 Å². The van der Waals surface area contributed by atoms with Crippen molar-refractivity contribution < 1.29 is 39.5 Å². The average Bonchev–Trinajstić information content (AvgIpc) is 3.13. The van der Waals surface area contributed by atoms with Gasteiger partial charge in [-0.05, 0) is 0 Å². The molecule has 0 saturated carbocycles. The Bertz CT molecular complexity index is 1490. The van der Waals surface area contributed by atoms with Crippen LogP contribution in [0.15, 0.2) is 28.8 Å². The molecule has 1 aromatic carbocycles. The van der Waals surface area contributed by atoms with E-state index in [0.29, 0.717) is 0 Å². The summed E-state index contributed by atoms with van der Waals surface area (Å²) in [6.07, 6.45) is -17.7. The SMILES string of the molecule is O=c1c2c3c(=O)n(C(F)(F)F)c(=O)c3c3c(=O)n(C(F)(F)F)c(=O)c3c2c(=O)n1C(F)(F)F. The smallest absolute Gasteiger partial charge is 0.268 e. The summed E-state index contributed by atoms with van der Waals surface area (Å²) in [7, 11) is 0. The number of aromatic nitrogens is 3. The fraction of sp³-hybridized carbons (Fsp3) is 0.200. The van der Waals surface area contributed by atoms with Crippen molar-refractivity contribution in [1.29, 1.82) is 0 Å². The van der Waals surface area contributed by atoms with Gasteiger partial charge in [-0.1, -0.05) is 0 Å². The number of benzene rings is 1. The largest absolute Gasteiger partial charge is 0.494 e. The third kappa shape index (κ3) is 2.56. The lowest BCUT2D eigenvalue weighted by Gasteiger charge is -2.03. The second kappa shape index (κ2) is 5.87. The lowest BCUT2D eigenvalue weighted by Crippen LogP contribution is -2.36. The molecule has 3 aromatic heterocycles. The van der Waals surface area contributed by atoms with Gasteiger partial charge in [0.15, 0.2) is 0 Å². The molecular formula is C15F9N3O6. The molecule has 0 aliphatic rings. The molecule has 4 aromatic rings. The number of alkyl halides is 9. The maximum Gasteiger partial charge on any atom is 0.494 e. The van der Waals surface area contributed by atoms with Crippen LogP contribution in [0.25, 0.3) is 32.3 Å². The summed E-state index contributed by atoms with van der Waals surface area (Å²) in [5.41, 5.74) is -15.2. The van der Waals surface area contributed by atoms with Gasteiger partial charge in [0.2, 0.25) is 0 Å². The van der Waals surface area contributed by atoms with Crippen LogP contribution in [0, 0.1) is 0 Å². The summed E-state index contributed by atoms with van der Waals surface area (Å²) in [6.45, 7) is 0. The first-order valence-corrected chi connectivity index (χ1v) is 7.94. The van der Waals surface area contributed by atoms with E-state index in [2.05, 4.69) is 0 Å². The predicted molar refractivity (Wildman–Crippen MR) is 88.0 cm³/mol. The average molecular weight is 489 g/mol. The van der Waals surface area contributed by atoms with E-state index in [9.17, 15) is 68.3 Å². The van der Waals surface area contributed by atoms with Crippen LogP contribution in [0.5, 0.6) is 0 Å². The van der Waals surface area contributed by atoms with E-state index in [1.807, 2.05) is 0 Å². The van der Waals surface area contributed by atoms with Crippen molar-refractivity contribution in [1.82, 2.24) is 13.7 Å². The van der Waals surface area contributed by atoms with Crippen LogP contribution in [0.1, 0.15) is 0 Å². The van der Waals surface area contributed by atoms with Crippen LogP contribution in [-0.2, 0) is 18.9 Å². The van der Waals surface area contributed by atoms with E-state index in [1.165, 1.54) is 0 Å². The van der Waals surface area contributed by atoms with Gasteiger partial charge in [-0.25, -0.2) is 0 Å². The van der Waals surface area contributed by atoms with Crippen molar-refractivity contribution in [2.75, 3.05) is 0 Å². The van der Waals surface area contributed by atoms with Gasteiger partial charge in [0.05, 0.1) is 32.3 Å². The highest BCUT2D eigenvalue weighted by atomic mass is 19.4. The van der Waals surface area contributed by atoms with Crippen molar-refractivity contribution in [3.05, 3.63) is 62.1 Å². The highest BCUT2D eigenvalue weighted by molar-refractivity contribution is 6.25. The minimum absolute atomic E-state index is 1.58. The van der Waals surface area contributed by atoms with Gasteiger partial charge >= 0.3 is 18.9 Å². The van der Waals surface area contributed by atoms with Gasteiger partial charge in [-0.2, -0.15) is 13.7 Å². The molecule has 3 heterocycles. The van der Waals surface area contributed by atoms with Gasteiger partial charge in [0, 0.05) is 0 Å². The van der Waals surface area contributed by atoms with Gasteiger partial charge in [0.1, 0.15) is 0 Å². The third-order valence-electron chi connectivity index (χ3n) is 4.76. The van der Waals surface area contributed by atoms with Gasteiger partial charge in [0.25, 0.3) is 33.4 Å². The van der Waals surface area contributed by atoms with Crippen molar-refractivity contribution in [3.8, 4) is 0 Å². The summed E-state index contributed by atoms with van der Waals surface area (Å²) in [4.78, 5) is 73.7. The summed E-state index contributed by atoms with van der Waals surface area (Å²) in [5, 5.41) is -11.2. The molecule has 0 atom stereocenters. The number of halogens is 9. The summed E-state index contributed by atoms with van der Waals surface area (Å²) in [5.74, 6) is 0. The second-order valence-corrected chi connectivity index (χ2v) is 6.49. The monoisotopic (exact) mass is 489 g/mol. The second-order valence-electron chi connectivity index (χ2n) is 6.49. The van der Waals surface area contributed by atoms with E-state index in [4.69, 9.17) is 0 Å². The van der Waals surface area contributed by atoms with E-state index in [1.54, 1.807) is 0 Å². The Labute approximate surface area is 167 Å². The van der Waals surface area contributed by atoms with Crippen LogP contribution in [0.4, 0.5) is 39.5 Å². The van der Waals surface area contributed by atoms with Crippen LogP contribution in [0.2, 0.25) is 0 Å². The quantitative estimate of drug-likeness (QED) is 0.332. The molecule has 0 amide bonds. The van der Waals surface area contributed by atoms with Crippen LogP contribution < -0.4 is 33.4 Å². The molecule has 0 bridgehead atoms. The first kappa shape index (κ1) is 22.2. The molecule has 9 nitrogen and oxygen atoms in total. The Kier molecular flexibility index (Phi) is 3.95. The van der Waals surface area contributed by atoms with E-state index in [0.717, 1.165) is 0 Å². The van der Waals surface area contributed by atoms with E-state index < -0.39 is 98.3 Å². The zero-order valence-electron chi connectivity index (χ0n) is 14.7. The van der Waals surface area contributed by atoms with Crippen molar-refractivity contribution in [2.24, 2.45) is 0 Å². The minimum Gasteiger partial charge on any atom is -0.268 e. The minimum atomic E-state index is -5.91. The van der Waals surface area contributed by atoms with Gasteiger partial charge in [-0.15, -0.1) is 39.5 Å². The highest BCUT2D eigenvalue weighted by Crippen LogP contribution is 2.31. The number of hydrogen-bond donors (Lipinski definition) is 0. The molecule has 18 heteroatoms. The number of fused-ring (bicyclic) bond motifs is 6. The molecule has 174 valence electrons. The number of nitrogens with zero attached hydrogens (tertiary/aromatic N) is 3. The molecule has 0 aliphatic carbocycles. The fourth-order valence-electron chi connectivity index (χ4n) is 3.67. The summed E-state index contributed by atoms with van der Waals surface area (Å²) >= 11 is 0. The molecule has 0 N–H and O–H groups in total. The maximum absolute atomic E-state index is 13.2. The Hall–Kier alpha value is -3.99. The predicted octanol–water partition coefficient (Wildman–Crippen LogP) is 0.454. The summed E-state index contributed by atoms with van der Waals surface area (Å²) in [6, 6.07) is 0. The first-order chi connectivity index (χ1) is 14.8. The van der Waals surface area contributed by atoms with Gasteiger partial charge in [-0.3, -0.25) is 28.8 Å². The molecule has 0 fully saturated rings. The molecule has 0 radical (unpaired) electrons. The van der Waals surface area contributed by atoms with E-state index in [-0.39, 0.29) is 0 Å². The fourth-order valence-corrected chi connectivity index (χ4v) is 3.67. The summed E-state index contributed by atoms with van der Waals surface area (Å²) < 4.78 is 114. The lowest BCUT2D eigenvalue weighted by atomic mass is 10.0. The first-order valence-electron chi connectivity index (χ1n) is 7.94. The molecule has 4 rings (SSSR count).